The lowest BCUT2D eigenvalue weighted by Gasteiger charge is -2.15. The Morgan fingerprint density at radius 3 is 2.37 bits per heavy atom. The molecule has 5 heteroatoms. The fourth-order valence-electron chi connectivity index (χ4n) is 1.48. The predicted molar refractivity (Wildman–Crippen MR) is 74.4 cm³/mol. The van der Waals surface area contributed by atoms with Gasteiger partial charge in [0.25, 0.3) is 5.91 Å². The van der Waals surface area contributed by atoms with Crippen LogP contribution in [-0.2, 0) is 4.79 Å². The van der Waals surface area contributed by atoms with Crippen molar-refractivity contribution in [2.75, 3.05) is 13.7 Å². The molecule has 2 unspecified atom stereocenters. The second-order valence-electron chi connectivity index (χ2n) is 4.49. The highest BCUT2D eigenvalue weighted by Crippen LogP contribution is 2.18. The third kappa shape index (κ3) is 5.61. The second-order valence-corrected chi connectivity index (χ2v) is 4.49. The van der Waals surface area contributed by atoms with E-state index in [0.717, 1.165) is 12.2 Å². The number of nitrogens with two attached hydrogens (primary N) is 1. The van der Waals surface area contributed by atoms with E-state index in [1.807, 2.05) is 6.92 Å². The molecule has 0 saturated carbocycles. The molecule has 1 aromatic carbocycles. The van der Waals surface area contributed by atoms with Crippen LogP contribution in [0.3, 0.4) is 0 Å². The molecule has 2 atom stereocenters. The number of nitrogens with one attached hydrogen (secondary N) is 1. The summed E-state index contributed by atoms with van der Waals surface area (Å²) in [6, 6.07) is 7.19. The number of carbonyl (C=O) groups excluding carboxylic acids is 1. The van der Waals surface area contributed by atoms with Crippen molar-refractivity contribution >= 4 is 5.91 Å². The van der Waals surface area contributed by atoms with Crippen LogP contribution < -0.4 is 20.5 Å². The molecule has 0 heterocycles. The molecule has 1 aromatic rings. The SMILES string of the molecule is COc1ccc(OC(C)C(=O)NCCC(C)N)cc1. The second kappa shape index (κ2) is 7.63. The normalized spacial score (nSPS) is 13.5. The van der Waals surface area contributed by atoms with E-state index >= 15 is 0 Å². The molecule has 0 aliphatic carbocycles. The topological polar surface area (TPSA) is 73.6 Å². The Morgan fingerprint density at radius 1 is 1.26 bits per heavy atom. The molecule has 0 spiro atoms. The zero-order valence-electron chi connectivity index (χ0n) is 11.7. The van der Waals surface area contributed by atoms with Gasteiger partial charge >= 0.3 is 0 Å². The van der Waals surface area contributed by atoms with E-state index in [1.165, 1.54) is 0 Å². The van der Waals surface area contributed by atoms with Gasteiger partial charge in [-0.2, -0.15) is 0 Å². The van der Waals surface area contributed by atoms with Crippen LogP contribution >= 0.6 is 0 Å². The Morgan fingerprint density at radius 2 is 1.84 bits per heavy atom. The summed E-state index contributed by atoms with van der Waals surface area (Å²) in [4.78, 5) is 11.8. The van der Waals surface area contributed by atoms with Gasteiger partial charge in [-0.05, 0) is 44.5 Å². The Kier molecular flexibility index (Phi) is 6.15. The lowest BCUT2D eigenvalue weighted by Crippen LogP contribution is -2.38. The number of rotatable bonds is 7. The van der Waals surface area contributed by atoms with Crippen molar-refractivity contribution in [2.45, 2.75) is 32.4 Å². The van der Waals surface area contributed by atoms with Crippen LogP contribution in [-0.4, -0.2) is 31.7 Å². The van der Waals surface area contributed by atoms with Crippen molar-refractivity contribution in [1.29, 1.82) is 0 Å². The summed E-state index contributed by atoms with van der Waals surface area (Å²) in [5, 5.41) is 2.79. The predicted octanol–water partition coefficient (Wildman–Crippen LogP) is 1.32. The van der Waals surface area contributed by atoms with Crippen molar-refractivity contribution in [3.05, 3.63) is 24.3 Å². The zero-order valence-corrected chi connectivity index (χ0v) is 11.7. The first-order valence-electron chi connectivity index (χ1n) is 6.37. The number of ether oxygens (including phenoxy) is 2. The minimum Gasteiger partial charge on any atom is -0.497 e. The number of benzene rings is 1. The van der Waals surface area contributed by atoms with E-state index in [4.69, 9.17) is 15.2 Å². The monoisotopic (exact) mass is 266 g/mol. The van der Waals surface area contributed by atoms with Crippen LogP contribution in [0.4, 0.5) is 0 Å². The molecule has 0 aromatic heterocycles. The molecule has 19 heavy (non-hydrogen) atoms. The Bertz CT molecular complexity index is 390. The average molecular weight is 266 g/mol. The summed E-state index contributed by atoms with van der Waals surface area (Å²) in [5.74, 6) is 1.24. The minimum atomic E-state index is -0.540. The van der Waals surface area contributed by atoms with Crippen molar-refractivity contribution in [3.63, 3.8) is 0 Å². The number of carbonyl (C=O) groups is 1. The first kappa shape index (κ1) is 15.3. The van der Waals surface area contributed by atoms with Gasteiger partial charge in [0.15, 0.2) is 6.10 Å². The Hall–Kier alpha value is -1.75. The van der Waals surface area contributed by atoms with Crippen LogP contribution in [0.15, 0.2) is 24.3 Å². The molecule has 0 fully saturated rings. The van der Waals surface area contributed by atoms with Gasteiger partial charge in [-0.3, -0.25) is 4.79 Å². The molecule has 0 aliphatic rings. The van der Waals surface area contributed by atoms with Gasteiger partial charge in [0.05, 0.1) is 7.11 Å². The molecule has 106 valence electrons. The number of methoxy groups -OCH3 is 1. The summed E-state index contributed by atoms with van der Waals surface area (Å²) in [5.41, 5.74) is 5.61. The summed E-state index contributed by atoms with van der Waals surface area (Å²) in [6.07, 6.45) is 0.211. The third-order valence-corrected chi connectivity index (χ3v) is 2.64. The number of hydrogen-bond acceptors (Lipinski definition) is 4. The summed E-state index contributed by atoms with van der Waals surface area (Å²) in [7, 11) is 1.60. The van der Waals surface area contributed by atoms with Gasteiger partial charge in [0, 0.05) is 12.6 Å². The van der Waals surface area contributed by atoms with Crippen molar-refractivity contribution in [2.24, 2.45) is 5.73 Å². The molecule has 0 saturated heterocycles. The fraction of sp³-hybridized carbons (Fsp3) is 0.500. The summed E-state index contributed by atoms with van der Waals surface area (Å²) in [6.45, 7) is 4.18. The molecule has 0 bridgehead atoms. The maximum atomic E-state index is 11.8. The standard InChI is InChI=1S/C14H22N2O3/c1-10(15)8-9-16-14(17)11(2)19-13-6-4-12(18-3)5-7-13/h4-7,10-11H,8-9,15H2,1-3H3,(H,16,17). The van der Waals surface area contributed by atoms with Gasteiger partial charge in [-0.15, -0.1) is 0 Å². The van der Waals surface area contributed by atoms with E-state index in [9.17, 15) is 4.79 Å². The lowest BCUT2D eigenvalue weighted by molar-refractivity contribution is -0.127. The molecule has 5 nitrogen and oxygen atoms in total. The first-order valence-corrected chi connectivity index (χ1v) is 6.37. The third-order valence-electron chi connectivity index (χ3n) is 2.64. The molecule has 3 N–H and O–H groups in total. The van der Waals surface area contributed by atoms with Gasteiger partial charge in [0.2, 0.25) is 0 Å². The average Bonchev–Trinajstić information content (AvgIpc) is 2.39. The van der Waals surface area contributed by atoms with E-state index in [1.54, 1.807) is 38.3 Å². The largest absolute Gasteiger partial charge is 0.497 e. The van der Waals surface area contributed by atoms with Gasteiger partial charge in [-0.25, -0.2) is 0 Å². The summed E-state index contributed by atoms with van der Waals surface area (Å²) < 4.78 is 10.6. The van der Waals surface area contributed by atoms with E-state index < -0.39 is 6.10 Å². The van der Waals surface area contributed by atoms with Crippen LogP contribution in [0.5, 0.6) is 11.5 Å². The highest BCUT2D eigenvalue weighted by molar-refractivity contribution is 5.80. The molecule has 1 amide bonds. The van der Waals surface area contributed by atoms with E-state index in [0.29, 0.717) is 12.3 Å². The summed E-state index contributed by atoms with van der Waals surface area (Å²) >= 11 is 0. The number of amides is 1. The molecule has 0 aliphatic heterocycles. The van der Waals surface area contributed by atoms with E-state index in [-0.39, 0.29) is 11.9 Å². The molecular formula is C14H22N2O3. The van der Waals surface area contributed by atoms with Crippen LogP contribution in [0.25, 0.3) is 0 Å². The van der Waals surface area contributed by atoms with Gasteiger partial charge in [0.1, 0.15) is 11.5 Å². The Labute approximate surface area is 114 Å². The minimum absolute atomic E-state index is 0.0816. The molecular weight excluding hydrogens is 244 g/mol. The van der Waals surface area contributed by atoms with Gasteiger partial charge < -0.3 is 20.5 Å². The maximum Gasteiger partial charge on any atom is 0.260 e. The van der Waals surface area contributed by atoms with E-state index in [2.05, 4.69) is 5.32 Å². The van der Waals surface area contributed by atoms with Crippen molar-refractivity contribution in [1.82, 2.24) is 5.32 Å². The molecule has 1 rings (SSSR count). The van der Waals surface area contributed by atoms with Crippen LogP contribution in [0.2, 0.25) is 0 Å². The highest BCUT2D eigenvalue weighted by atomic mass is 16.5. The lowest BCUT2D eigenvalue weighted by atomic mass is 10.2. The Balaban J connectivity index is 2.40. The van der Waals surface area contributed by atoms with Crippen molar-refractivity contribution in [3.8, 4) is 11.5 Å². The van der Waals surface area contributed by atoms with Crippen molar-refractivity contribution < 1.29 is 14.3 Å². The maximum absolute atomic E-state index is 11.8. The number of hydrogen-bond donors (Lipinski definition) is 2. The van der Waals surface area contributed by atoms with Gasteiger partial charge in [-0.1, -0.05) is 0 Å². The highest BCUT2D eigenvalue weighted by Gasteiger charge is 2.14. The quantitative estimate of drug-likeness (QED) is 0.780. The van der Waals surface area contributed by atoms with Crippen LogP contribution in [0, 0.1) is 0 Å². The first-order chi connectivity index (χ1) is 9.02. The van der Waals surface area contributed by atoms with Crippen LogP contribution in [0.1, 0.15) is 20.3 Å². The zero-order chi connectivity index (χ0) is 14.3. The molecule has 0 radical (unpaired) electrons. The fourth-order valence-corrected chi connectivity index (χ4v) is 1.48. The smallest absolute Gasteiger partial charge is 0.260 e.